The Morgan fingerprint density at radius 3 is 2.35 bits per heavy atom. The minimum atomic E-state index is -1.11. The van der Waals surface area contributed by atoms with Crippen LogP contribution in [0.2, 0.25) is 0 Å². The standard InChI is InChI=1S/C10H16N2O4S/c1-6(13)17-7-4-8(9(14)11(2)3)12(5-7)10(15)16/h7-8H,4-5H2,1-3H3,(H,15,16)/t7-,8-/m0/s1. The van der Waals surface area contributed by atoms with Crippen LogP contribution in [0.15, 0.2) is 0 Å². The van der Waals surface area contributed by atoms with E-state index in [0.29, 0.717) is 6.42 Å². The Hall–Kier alpha value is -1.24. The molecule has 1 heterocycles. The SMILES string of the molecule is CC(=O)S[C@H]1C[C@@H](C(=O)N(C)C)N(C(=O)O)C1. The second kappa shape index (κ2) is 5.39. The molecule has 1 aliphatic rings. The molecule has 1 N–H and O–H groups in total. The lowest BCUT2D eigenvalue weighted by molar-refractivity contribution is -0.132. The van der Waals surface area contributed by atoms with Crippen molar-refractivity contribution in [2.75, 3.05) is 20.6 Å². The first-order chi connectivity index (χ1) is 7.82. The van der Waals surface area contributed by atoms with Gasteiger partial charge in [-0.2, -0.15) is 0 Å². The van der Waals surface area contributed by atoms with Crippen LogP contribution in [0.25, 0.3) is 0 Å². The topological polar surface area (TPSA) is 77.9 Å². The van der Waals surface area contributed by atoms with Crippen molar-refractivity contribution in [1.29, 1.82) is 0 Å². The minimum absolute atomic E-state index is 0.0571. The van der Waals surface area contributed by atoms with E-state index in [2.05, 4.69) is 0 Å². The minimum Gasteiger partial charge on any atom is -0.465 e. The predicted molar refractivity (Wildman–Crippen MR) is 63.9 cm³/mol. The smallest absolute Gasteiger partial charge is 0.408 e. The van der Waals surface area contributed by atoms with Gasteiger partial charge >= 0.3 is 6.09 Å². The first-order valence-corrected chi connectivity index (χ1v) is 6.08. The number of rotatable bonds is 2. The molecule has 0 bridgehead atoms. The molecule has 1 aliphatic heterocycles. The van der Waals surface area contributed by atoms with Crippen molar-refractivity contribution >= 4 is 28.9 Å². The monoisotopic (exact) mass is 260 g/mol. The van der Waals surface area contributed by atoms with E-state index < -0.39 is 12.1 Å². The van der Waals surface area contributed by atoms with Crippen LogP contribution < -0.4 is 0 Å². The lowest BCUT2D eigenvalue weighted by Crippen LogP contribution is -2.44. The van der Waals surface area contributed by atoms with Crippen molar-refractivity contribution in [3.05, 3.63) is 0 Å². The molecule has 7 heteroatoms. The van der Waals surface area contributed by atoms with Gasteiger partial charge in [-0.3, -0.25) is 14.5 Å². The lowest BCUT2D eigenvalue weighted by atomic mass is 10.2. The molecule has 96 valence electrons. The summed E-state index contributed by atoms with van der Waals surface area (Å²) < 4.78 is 0. The van der Waals surface area contributed by atoms with Crippen molar-refractivity contribution in [3.8, 4) is 0 Å². The maximum atomic E-state index is 11.8. The Morgan fingerprint density at radius 2 is 1.94 bits per heavy atom. The number of likely N-dealkylation sites (N-methyl/N-ethyl adjacent to an activating group) is 1. The van der Waals surface area contributed by atoms with Gasteiger partial charge in [0.05, 0.1) is 0 Å². The van der Waals surface area contributed by atoms with Crippen LogP contribution in [0, 0.1) is 0 Å². The molecule has 0 aromatic heterocycles. The third-order valence-corrected chi connectivity index (χ3v) is 3.57. The fourth-order valence-electron chi connectivity index (χ4n) is 1.86. The number of hydrogen-bond acceptors (Lipinski definition) is 4. The normalized spacial score (nSPS) is 23.6. The molecule has 17 heavy (non-hydrogen) atoms. The molecule has 6 nitrogen and oxygen atoms in total. The van der Waals surface area contributed by atoms with Crippen LogP contribution >= 0.6 is 11.8 Å². The van der Waals surface area contributed by atoms with E-state index in [1.54, 1.807) is 14.1 Å². The molecule has 0 radical (unpaired) electrons. The molecule has 1 rings (SSSR count). The van der Waals surface area contributed by atoms with Crippen molar-refractivity contribution < 1.29 is 19.5 Å². The quantitative estimate of drug-likeness (QED) is 0.781. The van der Waals surface area contributed by atoms with Gasteiger partial charge in [0, 0.05) is 32.8 Å². The highest BCUT2D eigenvalue weighted by atomic mass is 32.2. The number of carbonyl (C=O) groups is 3. The summed E-state index contributed by atoms with van der Waals surface area (Å²) in [6.45, 7) is 1.67. The van der Waals surface area contributed by atoms with Gasteiger partial charge < -0.3 is 10.0 Å². The predicted octanol–water partition coefficient (Wildman–Crippen LogP) is 0.475. The molecule has 0 aromatic rings. The summed E-state index contributed by atoms with van der Waals surface area (Å²) in [4.78, 5) is 36.3. The zero-order chi connectivity index (χ0) is 13.2. The zero-order valence-electron chi connectivity index (χ0n) is 10.0. The molecule has 0 aromatic carbocycles. The van der Waals surface area contributed by atoms with Gasteiger partial charge in [-0.25, -0.2) is 4.79 Å². The van der Waals surface area contributed by atoms with Gasteiger partial charge in [0.15, 0.2) is 5.12 Å². The van der Waals surface area contributed by atoms with Crippen LogP contribution in [0.3, 0.4) is 0 Å². The number of thioether (sulfide) groups is 1. The average molecular weight is 260 g/mol. The Morgan fingerprint density at radius 1 is 1.35 bits per heavy atom. The van der Waals surface area contributed by atoms with Crippen molar-refractivity contribution in [1.82, 2.24) is 9.80 Å². The number of carbonyl (C=O) groups excluding carboxylic acids is 2. The highest BCUT2D eigenvalue weighted by molar-refractivity contribution is 8.14. The highest BCUT2D eigenvalue weighted by Gasteiger charge is 2.40. The van der Waals surface area contributed by atoms with Gasteiger partial charge in [-0.15, -0.1) is 0 Å². The molecule has 0 spiro atoms. The molecule has 0 unspecified atom stereocenters. The number of likely N-dealkylation sites (tertiary alicyclic amines) is 1. The Kier molecular flexibility index (Phi) is 4.39. The third-order valence-electron chi connectivity index (χ3n) is 2.57. The van der Waals surface area contributed by atoms with Crippen LogP contribution in [0.5, 0.6) is 0 Å². The van der Waals surface area contributed by atoms with Gasteiger partial charge in [0.1, 0.15) is 6.04 Å². The fourth-order valence-corrected chi connectivity index (χ4v) is 2.84. The molecule has 0 aliphatic carbocycles. The summed E-state index contributed by atoms with van der Waals surface area (Å²) in [5.41, 5.74) is 0. The maximum Gasteiger partial charge on any atom is 0.408 e. The summed E-state index contributed by atoms with van der Waals surface area (Å²) in [5, 5.41) is 8.84. The van der Waals surface area contributed by atoms with E-state index in [4.69, 9.17) is 5.11 Å². The first kappa shape index (κ1) is 13.8. The van der Waals surface area contributed by atoms with Crippen LogP contribution in [0.4, 0.5) is 4.79 Å². The van der Waals surface area contributed by atoms with E-state index >= 15 is 0 Å². The van der Waals surface area contributed by atoms with Crippen LogP contribution in [-0.4, -0.2) is 64.0 Å². The molecular formula is C10H16N2O4S. The van der Waals surface area contributed by atoms with E-state index in [1.165, 1.54) is 11.8 Å². The number of hydrogen-bond donors (Lipinski definition) is 1. The van der Waals surface area contributed by atoms with E-state index in [0.717, 1.165) is 16.7 Å². The fraction of sp³-hybridized carbons (Fsp3) is 0.700. The Bertz CT molecular complexity index is 345. The van der Waals surface area contributed by atoms with Gasteiger partial charge in [-0.05, 0) is 6.42 Å². The molecule has 1 saturated heterocycles. The Balaban J connectivity index is 2.77. The number of nitrogens with zero attached hydrogens (tertiary/aromatic N) is 2. The second-order valence-corrected chi connectivity index (χ2v) is 5.63. The van der Waals surface area contributed by atoms with Crippen molar-refractivity contribution in [2.45, 2.75) is 24.6 Å². The molecule has 1 fully saturated rings. The molecule has 0 saturated carbocycles. The molecular weight excluding hydrogens is 244 g/mol. The maximum absolute atomic E-state index is 11.8. The van der Waals surface area contributed by atoms with Crippen LogP contribution in [-0.2, 0) is 9.59 Å². The second-order valence-electron chi connectivity index (χ2n) is 4.15. The summed E-state index contributed by atoms with van der Waals surface area (Å²) in [7, 11) is 3.18. The highest BCUT2D eigenvalue weighted by Crippen LogP contribution is 2.28. The summed E-state index contributed by atoms with van der Waals surface area (Å²) >= 11 is 1.10. The van der Waals surface area contributed by atoms with Gasteiger partial charge in [0.2, 0.25) is 5.91 Å². The van der Waals surface area contributed by atoms with Gasteiger partial charge in [-0.1, -0.05) is 11.8 Å². The van der Waals surface area contributed by atoms with Crippen LogP contribution in [0.1, 0.15) is 13.3 Å². The van der Waals surface area contributed by atoms with E-state index in [1.807, 2.05) is 0 Å². The molecule has 2 amide bonds. The van der Waals surface area contributed by atoms with Crippen molar-refractivity contribution in [2.24, 2.45) is 0 Å². The van der Waals surface area contributed by atoms with E-state index in [9.17, 15) is 14.4 Å². The Labute approximate surface area is 104 Å². The van der Waals surface area contributed by atoms with Crippen molar-refractivity contribution in [3.63, 3.8) is 0 Å². The molecule has 2 atom stereocenters. The average Bonchev–Trinajstić information content (AvgIpc) is 2.59. The third kappa shape index (κ3) is 3.36. The number of carboxylic acid groups (broad SMARTS) is 1. The number of amides is 2. The first-order valence-electron chi connectivity index (χ1n) is 5.21. The van der Waals surface area contributed by atoms with Gasteiger partial charge in [0.25, 0.3) is 0 Å². The zero-order valence-corrected chi connectivity index (χ0v) is 10.9. The summed E-state index contributed by atoms with van der Waals surface area (Å²) in [6.07, 6.45) is -0.718. The summed E-state index contributed by atoms with van der Waals surface area (Å²) in [5.74, 6) is -0.237. The van der Waals surface area contributed by atoms with E-state index in [-0.39, 0.29) is 22.8 Å². The summed E-state index contributed by atoms with van der Waals surface area (Å²) in [6, 6.07) is -0.667. The lowest BCUT2D eigenvalue weighted by Gasteiger charge is -2.23. The largest absolute Gasteiger partial charge is 0.465 e.